The Kier molecular flexibility index (Phi) is 5.46. The van der Waals surface area contributed by atoms with Gasteiger partial charge in [0.2, 0.25) is 10.0 Å². The molecule has 0 spiro atoms. The fourth-order valence-corrected chi connectivity index (χ4v) is 3.02. The molecule has 20 heavy (non-hydrogen) atoms. The van der Waals surface area contributed by atoms with Gasteiger partial charge in [-0.25, -0.2) is 13.1 Å². The van der Waals surface area contributed by atoms with Gasteiger partial charge in [0.05, 0.1) is 4.92 Å². The molecule has 1 aromatic carbocycles. The zero-order valence-corrected chi connectivity index (χ0v) is 12.3. The number of nitrogen functional groups attached to an aromatic ring is 1. The van der Waals surface area contributed by atoms with Gasteiger partial charge in [0.15, 0.2) is 4.90 Å². The second kappa shape index (κ2) is 6.67. The van der Waals surface area contributed by atoms with Crippen LogP contribution < -0.4 is 10.5 Å². The van der Waals surface area contributed by atoms with Crippen LogP contribution >= 0.6 is 0 Å². The fraction of sp³-hybridized carbons (Fsp3) is 0.500. The first-order valence-corrected chi connectivity index (χ1v) is 7.76. The molecule has 0 bridgehead atoms. The number of benzene rings is 1. The molecule has 0 aliphatic rings. The molecule has 0 aliphatic heterocycles. The molecule has 0 fully saturated rings. The lowest BCUT2D eigenvalue weighted by molar-refractivity contribution is -0.386. The van der Waals surface area contributed by atoms with Crippen molar-refractivity contribution in [3.8, 4) is 0 Å². The summed E-state index contributed by atoms with van der Waals surface area (Å²) >= 11 is 0. The number of sulfonamides is 1. The van der Waals surface area contributed by atoms with Gasteiger partial charge in [0.1, 0.15) is 5.69 Å². The SMILES string of the molecule is CC(C)CCCNS(=O)(=O)c1cccc(N)c1[N+](=O)[O-]. The molecular weight excluding hydrogens is 282 g/mol. The second-order valence-electron chi connectivity index (χ2n) is 4.88. The number of rotatable bonds is 7. The molecule has 112 valence electrons. The summed E-state index contributed by atoms with van der Waals surface area (Å²) in [6, 6.07) is 3.86. The summed E-state index contributed by atoms with van der Waals surface area (Å²) in [6.07, 6.45) is 1.55. The quantitative estimate of drug-likeness (QED) is 0.345. The molecule has 0 aromatic heterocycles. The lowest BCUT2D eigenvalue weighted by atomic mass is 10.1. The Morgan fingerprint density at radius 1 is 1.40 bits per heavy atom. The monoisotopic (exact) mass is 301 g/mol. The molecule has 0 heterocycles. The normalized spacial score (nSPS) is 11.8. The van der Waals surface area contributed by atoms with Crippen LogP contribution in [0.4, 0.5) is 11.4 Å². The highest BCUT2D eigenvalue weighted by atomic mass is 32.2. The van der Waals surface area contributed by atoms with E-state index >= 15 is 0 Å². The molecule has 1 rings (SSSR count). The van der Waals surface area contributed by atoms with Gasteiger partial charge in [0.25, 0.3) is 0 Å². The first-order valence-electron chi connectivity index (χ1n) is 6.28. The maximum Gasteiger partial charge on any atom is 0.312 e. The third-order valence-corrected chi connectivity index (χ3v) is 4.25. The number of anilines is 1. The molecule has 0 saturated heterocycles. The van der Waals surface area contributed by atoms with E-state index in [0.717, 1.165) is 6.42 Å². The lowest BCUT2D eigenvalue weighted by Gasteiger charge is -2.09. The van der Waals surface area contributed by atoms with Crippen molar-refractivity contribution in [3.05, 3.63) is 28.3 Å². The van der Waals surface area contributed by atoms with Gasteiger partial charge in [-0.2, -0.15) is 0 Å². The van der Waals surface area contributed by atoms with Crippen LogP contribution in [0.15, 0.2) is 23.1 Å². The molecular formula is C12H19N3O4S. The third-order valence-electron chi connectivity index (χ3n) is 2.75. The summed E-state index contributed by atoms with van der Waals surface area (Å²) in [7, 11) is -3.93. The zero-order chi connectivity index (χ0) is 15.3. The molecule has 0 atom stereocenters. The fourth-order valence-electron chi connectivity index (χ4n) is 1.75. The van der Waals surface area contributed by atoms with E-state index < -0.39 is 25.5 Å². The van der Waals surface area contributed by atoms with E-state index in [9.17, 15) is 18.5 Å². The Morgan fingerprint density at radius 2 is 2.05 bits per heavy atom. The van der Waals surface area contributed by atoms with Crippen molar-refractivity contribution in [3.63, 3.8) is 0 Å². The smallest absolute Gasteiger partial charge is 0.312 e. The Hall–Kier alpha value is -1.67. The van der Waals surface area contributed by atoms with Crippen molar-refractivity contribution in [2.24, 2.45) is 5.92 Å². The molecule has 0 amide bonds. The predicted molar refractivity (Wildman–Crippen MR) is 76.8 cm³/mol. The summed E-state index contributed by atoms with van der Waals surface area (Å²) < 4.78 is 26.5. The standard InChI is InChI=1S/C12H19N3O4S/c1-9(2)5-4-8-14-20(18,19)11-7-3-6-10(13)12(11)15(16)17/h3,6-7,9,14H,4-5,8,13H2,1-2H3. The van der Waals surface area contributed by atoms with E-state index in [2.05, 4.69) is 4.72 Å². The van der Waals surface area contributed by atoms with Crippen molar-refractivity contribution >= 4 is 21.4 Å². The number of hydrogen-bond donors (Lipinski definition) is 2. The molecule has 1 aromatic rings. The van der Waals surface area contributed by atoms with Gasteiger partial charge in [-0.3, -0.25) is 10.1 Å². The Bertz CT molecular complexity index is 584. The van der Waals surface area contributed by atoms with Crippen LogP contribution in [0.5, 0.6) is 0 Å². The topological polar surface area (TPSA) is 115 Å². The second-order valence-corrected chi connectivity index (χ2v) is 6.62. The van der Waals surface area contributed by atoms with Crippen LogP contribution in [0.3, 0.4) is 0 Å². The van der Waals surface area contributed by atoms with Crippen molar-refractivity contribution in [1.29, 1.82) is 0 Å². The predicted octanol–water partition coefficient (Wildman–Crippen LogP) is 1.89. The van der Waals surface area contributed by atoms with Crippen molar-refractivity contribution in [2.75, 3.05) is 12.3 Å². The first kappa shape index (κ1) is 16.4. The first-order chi connectivity index (χ1) is 9.25. The van der Waals surface area contributed by atoms with Gasteiger partial charge in [0, 0.05) is 6.54 Å². The zero-order valence-electron chi connectivity index (χ0n) is 11.5. The van der Waals surface area contributed by atoms with Crippen LogP contribution in [0.2, 0.25) is 0 Å². The van der Waals surface area contributed by atoms with Crippen LogP contribution in [-0.2, 0) is 10.0 Å². The summed E-state index contributed by atoms with van der Waals surface area (Å²) in [4.78, 5) is 9.77. The molecule has 7 nitrogen and oxygen atoms in total. The number of nitrogens with zero attached hydrogens (tertiary/aromatic N) is 1. The summed E-state index contributed by atoms with van der Waals surface area (Å²) in [5.74, 6) is 0.473. The average molecular weight is 301 g/mol. The maximum absolute atomic E-state index is 12.1. The molecule has 0 radical (unpaired) electrons. The van der Waals surface area contributed by atoms with E-state index in [1.165, 1.54) is 18.2 Å². The van der Waals surface area contributed by atoms with E-state index in [0.29, 0.717) is 12.3 Å². The van der Waals surface area contributed by atoms with Gasteiger partial charge in [-0.05, 0) is 30.9 Å². The van der Waals surface area contributed by atoms with E-state index in [1.54, 1.807) is 0 Å². The molecule has 0 unspecified atom stereocenters. The summed E-state index contributed by atoms with van der Waals surface area (Å²) in [5.41, 5.74) is 4.73. The minimum atomic E-state index is -3.93. The highest BCUT2D eigenvalue weighted by Crippen LogP contribution is 2.29. The van der Waals surface area contributed by atoms with Crippen molar-refractivity contribution in [1.82, 2.24) is 4.72 Å². The Morgan fingerprint density at radius 3 is 2.60 bits per heavy atom. The summed E-state index contributed by atoms with van der Waals surface area (Å²) in [5, 5.41) is 10.9. The number of hydrogen-bond acceptors (Lipinski definition) is 5. The number of nitrogens with one attached hydrogen (secondary N) is 1. The minimum absolute atomic E-state index is 0.167. The minimum Gasteiger partial charge on any atom is -0.393 e. The molecule has 0 saturated carbocycles. The summed E-state index contributed by atoms with van der Waals surface area (Å²) in [6.45, 7) is 4.32. The molecule has 3 N–H and O–H groups in total. The Balaban J connectivity index is 2.93. The molecule has 8 heteroatoms. The van der Waals surface area contributed by atoms with Gasteiger partial charge in [-0.15, -0.1) is 0 Å². The van der Waals surface area contributed by atoms with E-state index in [4.69, 9.17) is 5.73 Å². The van der Waals surface area contributed by atoms with Crippen molar-refractivity contribution < 1.29 is 13.3 Å². The average Bonchev–Trinajstić information content (AvgIpc) is 2.33. The highest BCUT2D eigenvalue weighted by Gasteiger charge is 2.27. The maximum atomic E-state index is 12.1. The van der Waals surface area contributed by atoms with Crippen LogP contribution in [0.1, 0.15) is 26.7 Å². The number of para-hydroxylation sites is 1. The third kappa shape index (κ3) is 4.17. The lowest BCUT2D eigenvalue weighted by Crippen LogP contribution is -2.26. The van der Waals surface area contributed by atoms with Gasteiger partial charge in [-0.1, -0.05) is 19.9 Å². The van der Waals surface area contributed by atoms with Crippen LogP contribution in [0.25, 0.3) is 0 Å². The molecule has 0 aliphatic carbocycles. The largest absolute Gasteiger partial charge is 0.393 e. The van der Waals surface area contributed by atoms with Gasteiger partial charge >= 0.3 is 5.69 Å². The highest BCUT2D eigenvalue weighted by molar-refractivity contribution is 7.89. The van der Waals surface area contributed by atoms with Crippen molar-refractivity contribution in [2.45, 2.75) is 31.6 Å². The van der Waals surface area contributed by atoms with E-state index in [-0.39, 0.29) is 12.2 Å². The van der Waals surface area contributed by atoms with E-state index in [1.807, 2.05) is 13.8 Å². The van der Waals surface area contributed by atoms with Crippen LogP contribution in [-0.4, -0.2) is 19.9 Å². The number of nitro benzene ring substituents is 1. The Labute approximate surface area is 118 Å². The number of nitro groups is 1. The van der Waals surface area contributed by atoms with Crippen LogP contribution in [0, 0.1) is 16.0 Å². The number of nitrogens with two attached hydrogens (primary N) is 1. The van der Waals surface area contributed by atoms with Gasteiger partial charge < -0.3 is 5.73 Å².